The van der Waals surface area contributed by atoms with Crippen molar-refractivity contribution in [2.45, 2.75) is 78.0 Å². The van der Waals surface area contributed by atoms with Crippen LogP contribution in [0.4, 0.5) is 19.3 Å². The first-order valence-corrected chi connectivity index (χ1v) is 14.7. The molecule has 1 aromatic heterocycles. The number of aromatic carboxylic acids is 1. The first kappa shape index (κ1) is 32.7. The van der Waals surface area contributed by atoms with Gasteiger partial charge in [0.15, 0.2) is 11.6 Å². The molecule has 1 aliphatic carbocycles. The Morgan fingerprint density at radius 1 is 1.20 bits per heavy atom. The Bertz CT molecular complexity index is 1560. The third-order valence-corrected chi connectivity index (χ3v) is 7.60. The number of carbonyl (C=O) groups excluding carboxylic acids is 2. The molecule has 2 amide bonds. The van der Waals surface area contributed by atoms with Gasteiger partial charge in [0.2, 0.25) is 11.3 Å². The number of nitrogens with zero attached hydrogens (tertiary/aromatic N) is 2. The number of nitrogens with one attached hydrogen (secondary N) is 2. The van der Waals surface area contributed by atoms with Gasteiger partial charge in [-0.2, -0.15) is 0 Å². The number of pyridine rings is 1. The molecule has 0 radical (unpaired) electrons. The van der Waals surface area contributed by atoms with Crippen LogP contribution in [0.5, 0.6) is 5.75 Å². The number of hydrogen-bond donors (Lipinski definition) is 3. The van der Waals surface area contributed by atoms with E-state index in [1.807, 2.05) is 0 Å². The summed E-state index contributed by atoms with van der Waals surface area (Å²) in [5.74, 6) is -3.57. The van der Waals surface area contributed by atoms with Crippen molar-refractivity contribution in [3.8, 4) is 5.75 Å². The van der Waals surface area contributed by atoms with Gasteiger partial charge < -0.3 is 34.7 Å². The molecule has 2 aliphatic rings. The molecule has 0 spiro atoms. The second-order valence-corrected chi connectivity index (χ2v) is 12.6. The number of halogens is 2. The zero-order valence-electron chi connectivity index (χ0n) is 25.9. The molecule has 2 aromatic rings. The zero-order chi connectivity index (χ0) is 32.5. The lowest BCUT2D eigenvalue weighted by atomic mass is 10.0. The smallest absolute Gasteiger partial charge is 0.408 e. The molecule has 44 heavy (non-hydrogen) atoms. The van der Waals surface area contributed by atoms with E-state index >= 15 is 8.78 Å². The van der Waals surface area contributed by atoms with Crippen LogP contribution in [0.1, 0.15) is 76.7 Å². The van der Waals surface area contributed by atoms with Gasteiger partial charge in [-0.05, 0) is 64.0 Å². The Morgan fingerprint density at radius 2 is 1.89 bits per heavy atom. The summed E-state index contributed by atoms with van der Waals surface area (Å²) in [7, 11) is 1.35. The summed E-state index contributed by atoms with van der Waals surface area (Å²) >= 11 is 0. The fourth-order valence-corrected chi connectivity index (χ4v) is 5.38. The minimum Gasteiger partial charge on any atom is -0.492 e. The molecule has 1 atom stereocenters. The predicted octanol–water partition coefficient (Wildman–Crippen LogP) is 4.67. The number of aromatic nitrogens is 1. The van der Waals surface area contributed by atoms with Crippen molar-refractivity contribution in [1.29, 1.82) is 0 Å². The van der Waals surface area contributed by atoms with E-state index in [-0.39, 0.29) is 35.3 Å². The van der Waals surface area contributed by atoms with Crippen LogP contribution in [0.2, 0.25) is 0 Å². The highest BCUT2D eigenvalue weighted by Crippen LogP contribution is 2.44. The summed E-state index contributed by atoms with van der Waals surface area (Å²) in [6, 6.07) is 0.0204. The van der Waals surface area contributed by atoms with Crippen molar-refractivity contribution < 1.29 is 37.7 Å². The van der Waals surface area contributed by atoms with Crippen molar-refractivity contribution in [3.05, 3.63) is 45.3 Å². The monoisotopic (exact) mass is 618 g/mol. The van der Waals surface area contributed by atoms with E-state index in [0.717, 1.165) is 18.9 Å². The van der Waals surface area contributed by atoms with Gasteiger partial charge in [0, 0.05) is 25.3 Å². The van der Waals surface area contributed by atoms with E-state index < -0.39 is 58.8 Å². The first-order valence-electron chi connectivity index (χ1n) is 14.7. The Balaban J connectivity index is 1.59. The molecule has 240 valence electrons. The molecular formula is C31H40F2N4O7. The summed E-state index contributed by atoms with van der Waals surface area (Å²) in [5.41, 5.74) is -1.31. The summed E-state index contributed by atoms with van der Waals surface area (Å²) in [6.45, 7) is 8.55. The molecule has 1 saturated carbocycles. The molecule has 2 heterocycles. The predicted molar refractivity (Wildman–Crippen MR) is 161 cm³/mol. The van der Waals surface area contributed by atoms with E-state index in [4.69, 9.17) is 9.47 Å². The number of anilines is 1. The van der Waals surface area contributed by atoms with Crippen molar-refractivity contribution >= 4 is 34.6 Å². The largest absolute Gasteiger partial charge is 0.492 e. The van der Waals surface area contributed by atoms with Crippen LogP contribution in [0.25, 0.3) is 10.9 Å². The minimum absolute atomic E-state index is 0.00509. The van der Waals surface area contributed by atoms with Crippen LogP contribution in [-0.2, 0) is 9.53 Å². The van der Waals surface area contributed by atoms with Gasteiger partial charge in [-0.3, -0.25) is 9.59 Å². The second kappa shape index (κ2) is 12.8. The third-order valence-electron chi connectivity index (χ3n) is 7.60. The number of ether oxygens (including phenoxy) is 2. The molecule has 0 bridgehead atoms. The van der Waals surface area contributed by atoms with Crippen molar-refractivity contribution in [3.63, 3.8) is 0 Å². The number of hydrogen-bond acceptors (Lipinski definition) is 7. The number of amides is 2. The third kappa shape index (κ3) is 7.13. The maximum absolute atomic E-state index is 15.7. The average molecular weight is 619 g/mol. The van der Waals surface area contributed by atoms with Gasteiger partial charge in [0.1, 0.15) is 28.7 Å². The van der Waals surface area contributed by atoms with E-state index in [9.17, 15) is 24.3 Å². The van der Waals surface area contributed by atoms with Gasteiger partial charge in [0.05, 0.1) is 24.6 Å². The van der Waals surface area contributed by atoms with E-state index in [0.29, 0.717) is 30.5 Å². The lowest BCUT2D eigenvalue weighted by molar-refractivity contribution is -0.124. The SMILES string of the molecule is COc1c(N2CCC/C(=C(\F)CNC(=O)C(NC(=O)OC(C)(C)C)C(C)C)C2)c(F)cc2c(=O)c(C(=O)O)cn(C3CC3)c12. The van der Waals surface area contributed by atoms with Gasteiger partial charge in [-0.25, -0.2) is 18.4 Å². The lowest BCUT2D eigenvalue weighted by Gasteiger charge is -2.33. The lowest BCUT2D eigenvalue weighted by Crippen LogP contribution is -2.51. The number of carboxylic acid groups (broad SMARTS) is 1. The molecule has 1 saturated heterocycles. The number of carbonyl (C=O) groups is 3. The van der Waals surface area contributed by atoms with Crippen molar-refractivity contribution in [2.75, 3.05) is 31.6 Å². The maximum atomic E-state index is 15.7. The first-order chi connectivity index (χ1) is 20.6. The number of carboxylic acids is 1. The number of methoxy groups -OCH3 is 1. The van der Waals surface area contributed by atoms with Gasteiger partial charge >= 0.3 is 12.1 Å². The second-order valence-electron chi connectivity index (χ2n) is 12.6. The number of piperidine rings is 1. The number of alkyl carbamates (subject to hydrolysis) is 1. The molecule has 2 fully saturated rings. The molecule has 11 nitrogen and oxygen atoms in total. The number of benzene rings is 1. The Morgan fingerprint density at radius 3 is 2.45 bits per heavy atom. The van der Waals surface area contributed by atoms with Gasteiger partial charge in [-0.15, -0.1) is 0 Å². The van der Waals surface area contributed by atoms with Crippen molar-refractivity contribution in [1.82, 2.24) is 15.2 Å². The topological polar surface area (TPSA) is 139 Å². The van der Waals surface area contributed by atoms with Crippen LogP contribution in [-0.4, -0.2) is 66.0 Å². The molecule has 4 rings (SSSR count). The Hall–Kier alpha value is -4.16. The van der Waals surface area contributed by atoms with E-state index in [2.05, 4.69) is 10.6 Å². The van der Waals surface area contributed by atoms with Crippen LogP contribution in [0, 0.1) is 11.7 Å². The van der Waals surface area contributed by atoms with Gasteiger partial charge in [-0.1, -0.05) is 13.8 Å². The fourth-order valence-electron chi connectivity index (χ4n) is 5.38. The highest BCUT2D eigenvalue weighted by molar-refractivity contribution is 5.97. The van der Waals surface area contributed by atoms with E-state index in [1.165, 1.54) is 13.3 Å². The zero-order valence-corrected chi connectivity index (χ0v) is 25.9. The standard InChI is InChI=1S/C31H40F2N4O7/c1-16(2)23(35-30(42)44-31(3,4)5)28(39)34-13-22(33)17-8-7-11-36(14-17)25-21(32)12-19-24(27(25)43-6)37(18-9-10-18)15-20(26(19)38)29(40)41/h12,15-16,18,23H,7-11,13-14H2,1-6H3,(H,34,39)(H,35,42)(H,40,41)/b22-17+. The quantitative estimate of drug-likeness (QED) is 0.369. The van der Waals surface area contributed by atoms with E-state index in [1.54, 1.807) is 44.1 Å². The summed E-state index contributed by atoms with van der Waals surface area (Å²) in [4.78, 5) is 51.5. The molecule has 1 aromatic carbocycles. The molecular weight excluding hydrogens is 578 g/mol. The van der Waals surface area contributed by atoms with Crippen LogP contribution in [0.15, 0.2) is 28.5 Å². The molecule has 1 aliphatic heterocycles. The molecule has 13 heteroatoms. The van der Waals surface area contributed by atoms with Gasteiger partial charge in [0.25, 0.3) is 0 Å². The summed E-state index contributed by atoms with van der Waals surface area (Å²) in [5, 5.41) is 14.5. The van der Waals surface area contributed by atoms with Crippen LogP contribution >= 0.6 is 0 Å². The minimum atomic E-state index is -1.40. The molecule has 1 unspecified atom stereocenters. The average Bonchev–Trinajstić information content (AvgIpc) is 3.78. The normalized spacial score (nSPS) is 17.3. The summed E-state index contributed by atoms with van der Waals surface area (Å²) < 4.78 is 43.8. The molecule has 3 N–H and O–H groups in total. The van der Waals surface area contributed by atoms with Crippen molar-refractivity contribution in [2.24, 2.45) is 5.92 Å². The highest BCUT2D eigenvalue weighted by Gasteiger charge is 2.33. The van der Waals surface area contributed by atoms with Crippen LogP contribution in [0.3, 0.4) is 0 Å². The fraction of sp³-hybridized carbons (Fsp3) is 0.548. The Labute approximate surface area is 254 Å². The highest BCUT2D eigenvalue weighted by atomic mass is 19.1. The Kier molecular flexibility index (Phi) is 9.55. The number of fused-ring (bicyclic) bond motifs is 1. The number of rotatable bonds is 9. The summed E-state index contributed by atoms with van der Waals surface area (Å²) in [6.07, 6.45) is 2.93. The maximum Gasteiger partial charge on any atom is 0.408 e. The van der Waals surface area contributed by atoms with Crippen LogP contribution < -0.4 is 25.7 Å².